The summed E-state index contributed by atoms with van der Waals surface area (Å²) in [5.74, 6) is 3.61. The van der Waals surface area contributed by atoms with Crippen molar-refractivity contribution in [2.24, 2.45) is 5.92 Å². The summed E-state index contributed by atoms with van der Waals surface area (Å²) in [7, 11) is 1.60. The molecule has 2 aliphatic rings. The van der Waals surface area contributed by atoms with Crippen LogP contribution in [-0.4, -0.2) is 39.6 Å². The Kier molecular flexibility index (Phi) is 7.02. The summed E-state index contributed by atoms with van der Waals surface area (Å²) in [6.45, 7) is 2.58. The Bertz CT molecular complexity index is 1300. The van der Waals surface area contributed by atoms with E-state index in [1.807, 2.05) is 42.5 Å². The Morgan fingerprint density at radius 3 is 2.61 bits per heavy atom. The van der Waals surface area contributed by atoms with Crippen LogP contribution in [0.4, 0.5) is 0 Å². The molecule has 2 amide bonds. The van der Waals surface area contributed by atoms with Crippen molar-refractivity contribution in [1.82, 2.24) is 9.80 Å². The molecule has 36 heavy (non-hydrogen) atoms. The number of methoxy groups -OCH3 is 1. The van der Waals surface area contributed by atoms with Crippen LogP contribution in [0.25, 0.3) is 6.08 Å². The largest absolute Gasteiger partial charge is 0.497 e. The zero-order valence-electron chi connectivity index (χ0n) is 20.0. The Morgan fingerprint density at radius 2 is 1.94 bits per heavy atom. The van der Waals surface area contributed by atoms with E-state index in [1.54, 1.807) is 30.4 Å². The standard InChI is InChI=1S/C27H26N2O5S2/c1-17-12-22(17)23-10-9-21(34-23)15-28(14-20-4-3-11-33-20)25(30)16-29-26(31)24(36-27(29)35)13-18-5-7-19(32-2)8-6-18/h3-11,13,17,22H,12,14-16H2,1-2H3/b24-13-. The van der Waals surface area contributed by atoms with Crippen molar-refractivity contribution >= 4 is 46.2 Å². The molecular weight excluding hydrogens is 496 g/mol. The van der Waals surface area contributed by atoms with Gasteiger partial charge in [-0.2, -0.15) is 0 Å². The lowest BCUT2D eigenvalue weighted by molar-refractivity contribution is -0.136. The second-order valence-corrected chi connectivity index (χ2v) is 10.7. The number of furan rings is 2. The first-order valence-electron chi connectivity index (χ1n) is 11.7. The maximum atomic E-state index is 13.4. The van der Waals surface area contributed by atoms with Gasteiger partial charge < -0.3 is 18.5 Å². The molecule has 7 nitrogen and oxygen atoms in total. The van der Waals surface area contributed by atoms with E-state index in [1.165, 1.54) is 16.7 Å². The van der Waals surface area contributed by atoms with Crippen LogP contribution in [0.1, 0.15) is 42.1 Å². The fraction of sp³-hybridized carbons (Fsp3) is 0.296. The summed E-state index contributed by atoms with van der Waals surface area (Å²) in [5, 5.41) is 0. The summed E-state index contributed by atoms with van der Waals surface area (Å²) >= 11 is 6.64. The molecule has 186 valence electrons. The second-order valence-electron chi connectivity index (χ2n) is 8.99. The van der Waals surface area contributed by atoms with E-state index in [9.17, 15) is 9.59 Å². The zero-order valence-corrected chi connectivity index (χ0v) is 21.6. The predicted octanol–water partition coefficient (Wildman–Crippen LogP) is 5.43. The minimum absolute atomic E-state index is 0.154. The van der Waals surface area contributed by atoms with E-state index >= 15 is 0 Å². The smallest absolute Gasteiger partial charge is 0.266 e. The monoisotopic (exact) mass is 522 g/mol. The molecule has 1 aromatic carbocycles. The Labute approximate surface area is 219 Å². The zero-order chi connectivity index (χ0) is 25.2. The first kappa shape index (κ1) is 24.4. The van der Waals surface area contributed by atoms with Gasteiger partial charge in [0.2, 0.25) is 5.91 Å². The maximum absolute atomic E-state index is 13.4. The van der Waals surface area contributed by atoms with Crippen LogP contribution < -0.4 is 4.74 Å². The minimum atomic E-state index is -0.282. The van der Waals surface area contributed by atoms with Gasteiger partial charge in [-0.05, 0) is 60.4 Å². The third kappa shape index (κ3) is 5.42. The SMILES string of the molecule is COc1ccc(/C=C2\SC(=S)N(CC(=O)N(Cc3ccco3)Cc3ccc(C4CC4C)o3)C2=O)cc1. The predicted molar refractivity (Wildman–Crippen MR) is 141 cm³/mol. The lowest BCUT2D eigenvalue weighted by atomic mass is 10.2. The topological polar surface area (TPSA) is 76.1 Å². The van der Waals surface area contributed by atoms with Crippen LogP contribution in [0.15, 0.2) is 68.5 Å². The Balaban J connectivity index is 1.29. The van der Waals surface area contributed by atoms with Crippen molar-refractivity contribution in [3.8, 4) is 5.75 Å². The molecule has 1 saturated carbocycles. The Morgan fingerprint density at radius 1 is 1.19 bits per heavy atom. The number of carbonyl (C=O) groups is 2. The van der Waals surface area contributed by atoms with Crippen molar-refractivity contribution in [3.05, 3.63) is 82.5 Å². The molecule has 0 radical (unpaired) electrons. The Hall–Kier alpha value is -3.30. The number of carbonyl (C=O) groups excluding carboxylic acids is 2. The highest BCUT2D eigenvalue weighted by Gasteiger charge is 2.37. The molecule has 1 aliphatic heterocycles. The summed E-state index contributed by atoms with van der Waals surface area (Å²) in [6.07, 6.45) is 4.47. The molecule has 5 rings (SSSR count). The molecule has 2 fully saturated rings. The summed E-state index contributed by atoms with van der Waals surface area (Å²) in [6, 6.07) is 14.9. The highest BCUT2D eigenvalue weighted by molar-refractivity contribution is 8.26. The molecule has 1 saturated heterocycles. The first-order valence-corrected chi connectivity index (χ1v) is 12.9. The molecule has 0 bridgehead atoms. The van der Waals surface area contributed by atoms with Crippen molar-refractivity contribution in [2.75, 3.05) is 13.7 Å². The van der Waals surface area contributed by atoms with Crippen LogP contribution in [0.5, 0.6) is 5.75 Å². The van der Waals surface area contributed by atoms with Crippen LogP contribution >= 0.6 is 24.0 Å². The van der Waals surface area contributed by atoms with E-state index in [4.69, 9.17) is 25.8 Å². The number of benzene rings is 1. The molecule has 2 unspecified atom stereocenters. The first-order chi connectivity index (χ1) is 17.4. The second kappa shape index (κ2) is 10.4. The van der Waals surface area contributed by atoms with Crippen LogP contribution in [0.3, 0.4) is 0 Å². The van der Waals surface area contributed by atoms with E-state index in [0.717, 1.165) is 23.5 Å². The van der Waals surface area contributed by atoms with Gasteiger partial charge in [0.1, 0.15) is 33.9 Å². The quantitative estimate of drug-likeness (QED) is 0.274. The van der Waals surface area contributed by atoms with Crippen molar-refractivity contribution < 1.29 is 23.2 Å². The van der Waals surface area contributed by atoms with Crippen molar-refractivity contribution in [2.45, 2.75) is 32.4 Å². The number of amides is 2. The van der Waals surface area contributed by atoms with Crippen LogP contribution in [0.2, 0.25) is 0 Å². The van der Waals surface area contributed by atoms with E-state index < -0.39 is 0 Å². The van der Waals surface area contributed by atoms with Gasteiger partial charge in [-0.25, -0.2) is 0 Å². The number of ether oxygens (including phenoxy) is 1. The third-order valence-corrected chi connectivity index (χ3v) is 7.74. The number of nitrogens with zero attached hydrogens (tertiary/aromatic N) is 2. The average molecular weight is 523 g/mol. The summed E-state index contributed by atoms with van der Waals surface area (Å²) in [5.41, 5.74) is 0.848. The number of rotatable bonds is 9. The maximum Gasteiger partial charge on any atom is 0.266 e. The van der Waals surface area contributed by atoms with Gasteiger partial charge in [0.15, 0.2) is 0 Å². The van der Waals surface area contributed by atoms with Gasteiger partial charge >= 0.3 is 0 Å². The lowest BCUT2D eigenvalue weighted by Crippen LogP contribution is -2.41. The van der Waals surface area contributed by atoms with Gasteiger partial charge in [-0.3, -0.25) is 14.5 Å². The molecule has 3 heterocycles. The van der Waals surface area contributed by atoms with Crippen molar-refractivity contribution in [3.63, 3.8) is 0 Å². The highest BCUT2D eigenvalue weighted by Crippen LogP contribution is 2.47. The summed E-state index contributed by atoms with van der Waals surface area (Å²) in [4.78, 5) is 30.0. The number of hydrogen-bond donors (Lipinski definition) is 0. The molecule has 9 heteroatoms. The van der Waals surface area contributed by atoms with Gasteiger partial charge in [0, 0.05) is 5.92 Å². The molecule has 2 atom stereocenters. The normalized spacial score (nSPS) is 20.3. The average Bonchev–Trinajstić information content (AvgIpc) is 3.23. The summed E-state index contributed by atoms with van der Waals surface area (Å²) < 4.78 is 17.1. The van der Waals surface area contributed by atoms with E-state index in [2.05, 4.69) is 6.92 Å². The number of hydrogen-bond acceptors (Lipinski definition) is 7. The number of thioether (sulfide) groups is 1. The third-order valence-electron chi connectivity index (χ3n) is 6.36. The van der Waals surface area contributed by atoms with Gasteiger partial charge in [-0.15, -0.1) is 0 Å². The number of thiocarbonyl (C=S) groups is 1. The molecule has 2 aromatic heterocycles. The molecule has 1 aliphatic carbocycles. The van der Waals surface area contributed by atoms with Gasteiger partial charge in [-0.1, -0.05) is 43.0 Å². The van der Waals surface area contributed by atoms with Crippen molar-refractivity contribution in [1.29, 1.82) is 0 Å². The molecular formula is C27H26N2O5S2. The lowest BCUT2D eigenvalue weighted by Gasteiger charge is -2.23. The van der Waals surface area contributed by atoms with Crippen LogP contribution in [-0.2, 0) is 22.7 Å². The fourth-order valence-electron chi connectivity index (χ4n) is 4.13. The van der Waals surface area contributed by atoms with Crippen LogP contribution in [0, 0.1) is 5.92 Å². The van der Waals surface area contributed by atoms with Gasteiger partial charge in [0.05, 0.1) is 31.4 Å². The van der Waals surface area contributed by atoms with Gasteiger partial charge in [0.25, 0.3) is 5.91 Å². The molecule has 0 N–H and O–H groups in total. The minimum Gasteiger partial charge on any atom is -0.497 e. The molecule has 0 spiro atoms. The van der Waals surface area contributed by atoms with E-state index in [0.29, 0.717) is 32.6 Å². The molecule has 3 aromatic rings. The fourth-order valence-corrected chi connectivity index (χ4v) is 5.39. The highest BCUT2D eigenvalue weighted by atomic mass is 32.2. The van der Waals surface area contributed by atoms with E-state index in [-0.39, 0.29) is 31.4 Å².